The molecule has 4 aromatic carbocycles. The van der Waals surface area contributed by atoms with Gasteiger partial charge in [-0.3, -0.25) is 14.4 Å². The van der Waals surface area contributed by atoms with Gasteiger partial charge >= 0.3 is 0 Å². The standard InChI is InChI=1S/C36H37N3O8S/c1-22(34(40)38-28-20-26(43-2)15-16-30(28)44-3)48-27-14-10-13-25(19-27)37-36(42)29(39-35(41)23-11-8-7-9-12-23)17-24-18-32(46-5)33(47-6)21-31(24)45-4/h7-22H,1-6H3,(H,37,42)(H,38,40)(H,39,41)/b29-17+. The number of hydrogen-bond donors (Lipinski definition) is 3. The normalized spacial score (nSPS) is 11.5. The van der Waals surface area contributed by atoms with Crippen molar-refractivity contribution in [3.05, 3.63) is 102 Å². The summed E-state index contributed by atoms with van der Waals surface area (Å²) in [6, 6.07) is 24.0. The molecular formula is C36H37N3O8S. The monoisotopic (exact) mass is 671 g/mol. The third-order valence-corrected chi connectivity index (χ3v) is 8.10. The van der Waals surface area contributed by atoms with Gasteiger partial charge in [-0.25, -0.2) is 0 Å². The summed E-state index contributed by atoms with van der Waals surface area (Å²) in [6.07, 6.45) is 1.49. The molecule has 12 heteroatoms. The number of ether oxygens (including phenoxy) is 5. The van der Waals surface area contributed by atoms with E-state index in [0.29, 0.717) is 51.2 Å². The first-order valence-corrected chi connectivity index (χ1v) is 15.6. The topological polar surface area (TPSA) is 133 Å². The fourth-order valence-electron chi connectivity index (χ4n) is 4.51. The van der Waals surface area contributed by atoms with Gasteiger partial charge in [-0.15, -0.1) is 11.8 Å². The number of carbonyl (C=O) groups is 3. The number of nitrogens with one attached hydrogen (secondary N) is 3. The number of hydrogen-bond acceptors (Lipinski definition) is 9. The van der Waals surface area contributed by atoms with Crippen molar-refractivity contribution in [3.8, 4) is 28.7 Å². The molecule has 0 aromatic heterocycles. The van der Waals surface area contributed by atoms with E-state index in [-0.39, 0.29) is 11.6 Å². The molecule has 1 unspecified atom stereocenters. The zero-order valence-corrected chi connectivity index (χ0v) is 28.2. The van der Waals surface area contributed by atoms with Crippen LogP contribution in [0.1, 0.15) is 22.8 Å². The van der Waals surface area contributed by atoms with E-state index < -0.39 is 17.1 Å². The maximum Gasteiger partial charge on any atom is 0.272 e. The van der Waals surface area contributed by atoms with E-state index in [4.69, 9.17) is 23.7 Å². The van der Waals surface area contributed by atoms with Gasteiger partial charge in [-0.2, -0.15) is 0 Å². The Bertz CT molecular complexity index is 1800. The van der Waals surface area contributed by atoms with Gasteiger partial charge in [0, 0.05) is 33.8 Å². The molecule has 250 valence electrons. The number of carbonyl (C=O) groups excluding carboxylic acids is 3. The van der Waals surface area contributed by atoms with Gasteiger partial charge in [0.05, 0.1) is 46.5 Å². The summed E-state index contributed by atoms with van der Waals surface area (Å²) in [4.78, 5) is 40.7. The fraction of sp³-hybridized carbons (Fsp3) is 0.194. The molecule has 0 bridgehead atoms. The molecule has 4 aromatic rings. The number of methoxy groups -OCH3 is 5. The quantitative estimate of drug-likeness (QED) is 0.105. The SMILES string of the molecule is COc1ccc(OC)c(NC(=O)C(C)Sc2cccc(NC(=O)/C(=C\c3cc(OC)c(OC)cc3OC)NC(=O)c3ccccc3)c2)c1. The summed E-state index contributed by atoms with van der Waals surface area (Å²) in [5.41, 5.74) is 1.72. The predicted molar refractivity (Wildman–Crippen MR) is 187 cm³/mol. The van der Waals surface area contributed by atoms with Crippen LogP contribution >= 0.6 is 11.8 Å². The van der Waals surface area contributed by atoms with E-state index in [1.807, 2.05) is 6.07 Å². The minimum Gasteiger partial charge on any atom is -0.497 e. The third-order valence-electron chi connectivity index (χ3n) is 7.00. The Hall–Kier alpha value is -5.62. The van der Waals surface area contributed by atoms with Crippen LogP contribution in [-0.2, 0) is 9.59 Å². The number of thioether (sulfide) groups is 1. The van der Waals surface area contributed by atoms with Crippen molar-refractivity contribution in [3.63, 3.8) is 0 Å². The molecule has 4 rings (SSSR count). The van der Waals surface area contributed by atoms with E-state index in [1.165, 1.54) is 46.3 Å². The summed E-state index contributed by atoms with van der Waals surface area (Å²) < 4.78 is 27.0. The van der Waals surface area contributed by atoms with Gasteiger partial charge in [0.15, 0.2) is 11.5 Å². The van der Waals surface area contributed by atoms with Crippen molar-refractivity contribution in [1.82, 2.24) is 5.32 Å². The zero-order valence-electron chi connectivity index (χ0n) is 27.4. The molecule has 0 heterocycles. The maximum absolute atomic E-state index is 13.7. The number of rotatable bonds is 14. The van der Waals surface area contributed by atoms with Crippen molar-refractivity contribution in [2.75, 3.05) is 46.2 Å². The van der Waals surface area contributed by atoms with E-state index in [2.05, 4.69) is 16.0 Å². The molecule has 0 saturated heterocycles. The van der Waals surface area contributed by atoms with Crippen LogP contribution < -0.4 is 39.6 Å². The van der Waals surface area contributed by atoms with Crippen molar-refractivity contribution in [1.29, 1.82) is 0 Å². The van der Waals surface area contributed by atoms with Gasteiger partial charge in [0.1, 0.15) is 22.9 Å². The Morgan fingerprint density at radius 1 is 0.688 bits per heavy atom. The van der Waals surface area contributed by atoms with E-state index in [1.54, 1.807) is 92.9 Å². The van der Waals surface area contributed by atoms with Crippen molar-refractivity contribution >= 4 is 46.9 Å². The molecule has 3 amide bonds. The zero-order chi connectivity index (χ0) is 34.6. The summed E-state index contributed by atoms with van der Waals surface area (Å²) in [5, 5.41) is 7.96. The molecule has 3 N–H and O–H groups in total. The minimum absolute atomic E-state index is 0.0487. The van der Waals surface area contributed by atoms with Gasteiger partial charge in [0.25, 0.3) is 11.8 Å². The van der Waals surface area contributed by atoms with Crippen LogP contribution in [0.25, 0.3) is 6.08 Å². The highest BCUT2D eigenvalue weighted by Gasteiger charge is 2.20. The molecule has 0 fully saturated rings. The van der Waals surface area contributed by atoms with Gasteiger partial charge in [0.2, 0.25) is 5.91 Å². The summed E-state index contributed by atoms with van der Waals surface area (Å²) >= 11 is 1.30. The number of anilines is 2. The Morgan fingerprint density at radius 3 is 2.04 bits per heavy atom. The second-order valence-electron chi connectivity index (χ2n) is 10.1. The highest BCUT2D eigenvalue weighted by molar-refractivity contribution is 8.00. The van der Waals surface area contributed by atoms with Crippen molar-refractivity contribution in [2.24, 2.45) is 0 Å². The number of amides is 3. The van der Waals surface area contributed by atoms with Crippen LogP contribution in [-0.4, -0.2) is 58.5 Å². The minimum atomic E-state index is -0.589. The molecule has 11 nitrogen and oxygen atoms in total. The summed E-state index contributed by atoms with van der Waals surface area (Å²) in [6.45, 7) is 1.77. The van der Waals surface area contributed by atoms with Crippen LogP contribution in [0.5, 0.6) is 28.7 Å². The van der Waals surface area contributed by atoms with E-state index >= 15 is 0 Å². The summed E-state index contributed by atoms with van der Waals surface area (Å²) in [7, 11) is 7.55. The average molecular weight is 672 g/mol. The molecule has 0 spiro atoms. The Morgan fingerprint density at radius 2 is 1.38 bits per heavy atom. The smallest absolute Gasteiger partial charge is 0.272 e. The van der Waals surface area contributed by atoms with Crippen LogP contribution in [0.4, 0.5) is 11.4 Å². The maximum atomic E-state index is 13.7. The number of benzene rings is 4. The van der Waals surface area contributed by atoms with Crippen LogP contribution in [0.3, 0.4) is 0 Å². The lowest BCUT2D eigenvalue weighted by Gasteiger charge is -2.16. The molecule has 48 heavy (non-hydrogen) atoms. The first-order valence-electron chi connectivity index (χ1n) is 14.7. The van der Waals surface area contributed by atoms with E-state index in [0.717, 1.165) is 4.90 Å². The Balaban J connectivity index is 1.57. The lowest BCUT2D eigenvalue weighted by atomic mass is 10.1. The first-order chi connectivity index (χ1) is 23.2. The van der Waals surface area contributed by atoms with Gasteiger partial charge in [-0.1, -0.05) is 24.3 Å². The van der Waals surface area contributed by atoms with Crippen molar-refractivity contribution < 1.29 is 38.1 Å². The Labute approximate surface area is 283 Å². The van der Waals surface area contributed by atoms with E-state index in [9.17, 15) is 14.4 Å². The predicted octanol–water partition coefficient (Wildman–Crippen LogP) is 6.26. The molecule has 1 atom stereocenters. The van der Waals surface area contributed by atoms with Gasteiger partial charge in [-0.05, 0) is 61.5 Å². The fourth-order valence-corrected chi connectivity index (χ4v) is 5.44. The molecular weight excluding hydrogens is 634 g/mol. The summed E-state index contributed by atoms with van der Waals surface area (Å²) in [5.74, 6) is 0.996. The van der Waals surface area contributed by atoms with Crippen molar-refractivity contribution in [2.45, 2.75) is 17.1 Å². The second-order valence-corrected chi connectivity index (χ2v) is 11.5. The molecule has 0 aliphatic heterocycles. The highest BCUT2D eigenvalue weighted by Crippen LogP contribution is 2.36. The molecule has 0 radical (unpaired) electrons. The molecule has 0 saturated carbocycles. The van der Waals surface area contributed by atoms with Crippen LogP contribution in [0.15, 0.2) is 95.5 Å². The van der Waals surface area contributed by atoms with Crippen LogP contribution in [0.2, 0.25) is 0 Å². The average Bonchev–Trinajstić information content (AvgIpc) is 3.11. The lowest BCUT2D eigenvalue weighted by Crippen LogP contribution is -2.30. The Kier molecular flexibility index (Phi) is 12.3. The molecule has 0 aliphatic carbocycles. The second kappa shape index (κ2) is 16.8. The third kappa shape index (κ3) is 9.01. The lowest BCUT2D eigenvalue weighted by molar-refractivity contribution is -0.115. The van der Waals surface area contributed by atoms with Crippen LogP contribution in [0, 0.1) is 0 Å². The highest BCUT2D eigenvalue weighted by atomic mass is 32.2. The largest absolute Gasteiger partial charge is 0.497 e. The van der Waals surface area contributed by atoms with Gasteiger partial charge < -0.3 is 39.6 Å². The molecule has 0 aliphatic rings. The first kappa shape index (κ1) is 35.2.